The molecule has 0 spiro atoms. The van der Waals surface area contributed by atoms with Gasteiger partial charge in [0.2, 0.25) is 0 Å². The fourth-order valence-electron chi connectivity index (χ4n) is 3.24. The summed E-state index contributed by atoms with van der Waals surface area (Å²) in [6, 6.07) is 12.1. The Morgan fingerprint density at radius 3 is 2.55 bits per heavy atom. The number of nitrogens with one attached hydrogen (secondary N) is 3. The van der Waals surface area contributed by atoms with Gasteiger partial charge < -0.3 is 25.4 Å². The number of halogens is 1. The fourth-order valence-corrected chi connectivity index (χ4v) is 3.78. The SMILES string of the molecule is COc1cc(NC(=O)Nc2cccc(I)c2)ccc1C(=O)NCCCN1CCOCC1. The van der Waals surface area contributed by atoms with E-state index >= 15 is 0 Å². The van der Waals surface area contributed by atoms with Crippen LogP contribution in [0.15, 0.2) is 42.5 Å². The van der Waals surface area contributed by atoms with E-state index in [0.29, 0.717) is 29.2 Å². The number of morpholine rings is 1. The summed E-state index contributed by atoms with van der Waals surface area (Å²) in [6.07, 6.45) is 0.867. The quantitative estimate of drug-likeness (QED) is 0.354. The van der Waals surface area contributed by atoms with Crippen molar-refractivity contribution in [1.82, 2.24) is 10.2 Å². The number of urea groups is 1. The number of anilines is 2. The van der Waals surface area contributed by atoms with Gasteiger partial charge in [-0.2, -0.15) is 0 Å². The number of ether oxygens (including phenoxy) is 2. The monoisotopic (exact) mass is 538 g/mol. The molecular formula is C22H27IN4O4. The van der Waals surface area contributed by atoms with Crippen molar-refractivity contribution in [3.05, 3.63) is 51.6 Å². The minimum atomic E-state index is -0.371. The number of hydrogen-bond acceptors (Lipinski definition) is 5. The van der Waals surface area contributed by atoms with E-state index in [0.717, 1.165) is 42.8 Å². The highest BCUT2D eigenvalue weighted by molar-refractivity contribution is 14.1. The van der Waals surface area contributed by atoms with Crippen LogP contribution in [-0.4, -0.2) is 63.3 Å². The molecule has 166 valence electrons. The summed E-state index contributed by atoms with van der Waals surface area (Å²) >= 11 is 2.18. The van der Waals surface area contributed by atoms with Crippen molar-refractivity contribution in [3.8, 4) is 5.75 Å². The molecule has 0 aromatic heterocycles. The maximum atomic E-state index is 12.6. The van der Waals surface area contributed by atoms with Crippen molar-refractivity contribution in [3.63, 3.8) is 0 Å². The van der Waals surface area contributed by atoms with Crippen molar-refractivity contribution in [1.29, 1.82) is 0 Å². The van der Waals surface area contributed by atoms with Crippen LogP contribution in [0.1, 0.15) is 16.8 Å². The Morgan fingerprint density at radius 2 is 1.84 bits per heavy atom. The van der Waals surface area contributed by atoms with Crippen molar-refractivity contribution in [2.45, 2.75) is 6.42 Å². The van der Waals surface area contributed by atoms with Crippen LogP contribution in [0.4, 0.5) is 16.2 Å². The average Bonchev–Trinajstić information content (AvgIpc) is 2.77. The highest BCUT2D eigenvalue weighted by Gasteiger charge is 2.14. The lowest BCUT2D eigenvalue weighted by Crippen LogP contribution is -2.38. The van der Waals surface area contributed by atoms with Crippen LogP contribution in [0, 0.1) is 3.57 Å². The number of amides is 3. The predicted octanol–water partition coefficient (Wildman–Crippen LogP) is 3.40. The third-order valence-corrected chi connectivity index (χ3v) is 5.50. The van der Waals surface area contributed by atoms with Gasteiger partial charge in [-0.05, 0) is 65.9 Å². The third kappa shape index (κ3) is 7.37. The summed E-state index contributed by atoms with van der Waals surface area (Å²) in [5.41, 5.74) is 1.66. The lowest BCUT2D eigenvalue weighted by Gasteiger charge is -2.26. The van der Waals surface area contributed by atoms with Crippen molar-refractivity contribution < 1.29 is 19.1 Å². The number of benzene rings is 2. The van der Waals surface area contributed by atoms with Gasteiger partial charge >= 0.3 is 6.03 Å². The predicted molar refractivity (Wildman–Crippen MR) is 129 cm³/mol. The summed E-state index contributed by atoms with van der Waals surface area (Å²) in [4.78, 5) is 27.1. The van der Waals surface area contributed by atoms with Crippen LogP contribution in [0.25, 0.3) is 0 Å². The molecule has 0 bridgehead atoms. The van der Waals surface area contributed by atoms with Gasteiger partial charge in [0, 0.05) is 40.6 Å². The molecule has 0 atom stereocenters. The van der Waals surface area contributed by atoms with E-state index in [2.05, 4.69) is 43.4 Å². The lowest BCUT2D eigenvalue weighted by molar-refractivity contribution is 0.0374. The zero-order chi connectivity index (χ0) is 22.1. The molecule has 0 aliphatic carbocycles. The van der Waals surface area contributed by atoms with Crippen LogP contribution in [0.3, 0.4) is 0 Å². The second kappa shape index (κ2) is 11.9. The smallest absolute Gasteiger partial charge is 0.323 e. The molecule has 2 aromatic rings. The van der Waals surface area contributed by atoms with Gasteiger partial charge in [-0.1, -0.05) is 6.07 Å². The van der Waals surface area contributed by atoms with Crippen molar-refractivity contribution in [2.24, 2.45) is 0 Å². The maximum Gasteiger partial charge on any atom is 0.323 e. The molecule has 0 saturated carbocycles. The van der Waals surface area contributed by atoms with Crippen molar-refractivity contribution >= 4 is 45.9 Å². The lowest BCUT2D eigenvalue weighted by atomic mass is 10.1. The standard InChI is InChI=1S/C22H27IN4O4/c1-30-20-15-18(26-22(29)25-17-5-2-4-16(23)14-17)6-7-19(20)21(28)24-8-3-9-27-10-12-31-13-11-27/h2,4-7,14-15H,3,8-13H2,1H3,(H,24,28)(H2,25,26,29). The third-order valence-electron chi connectivity index (χ3n) is 4.83. The van der Waals surface area contributed by atoms with Gasteiger partial charge in [0.05, 0.1) is 25.9 Å². The van der Waals surface area contributed by atoms with E-state index in [4.69, 9.17) is 9.47 Å². The number of nitrogens with zero attached hydrogens (tertiary/aromatic N) is 1. The molecule has 1 aliphatic heterocycles. The first-order valence-electron chi connectivity index (χ1n) is 10.1. The molecule has 3 N–H and O–H groups in total. The number of methoxy groups -OCH3 is 1. The Bertz CT molecular complexity index is 903. The molecule has 3 rings (SSSR count). The molecule has 1 fully saturated rings. The number of carbonyl (C=O) groups is 2. The van der Waals surface area contributed by atoms with E-state index in [9.17, 15) is 9.59 Å². The molecule has 1 aliphatic rings. The van der Waals surface area contributed by atoms with Gasteiger partial charge in [-0.25, -0.2) is 4.79 Å². The maximum absolute atomic E-state index is 12.6. The highest BCUT2D eigenvalue weighted by atomic mass is 127. The number of rotatable bonds is 8. The summed E-state index contributed by atoms with van der Waals surface area (Å²) in [7, 11) is 1.50. The van der Waals surface area contributed by atoms with E-state index in [1.54, 1.807) is 18.2 Å². The van der Waals surface area contributed by atoms with Gasteiger partial charge in [0.25, 0.3) is 5.91 Å². The molecule has 3 amide bonds. The second-order valence-corrected chi connectivity index (χ2v) is 8.31. The average molecular weight is 538 g/mol. The summed E-state index contributed by atoms with van der Waals surface area (Å²) in [6.45, 7) is 4.93. The Labute approximate surface area is 195 Å². The zero-order valence-corrected chi connectivity index (χ0v) is 19.6. The molecule has 1 heterocycles. The summed E-state index contributed by atoms with van der Waals surface area (Å²) in [5, 5.41) is 8.47. The molecule has 8 nitrogen and oxygen atoms in total. The summed E-state index contributed by atoms with van der Waals surface area (Å²) < 4.78 is 11.7. The fraction of sp³-hybridized carbons (Fsp3) is 0.364. The van der Waals surface area contributed by atoms with Crippen LogP contribution < -0.4 is 20.7 Å². The van der Waals surface area contributed by atoms with E-state index in [1.807, 2.05) is 24.3 Å². The van der Waals surface area contributed by atoms with Gasteiger partial charge in [0.15, 0.2) is 0 Å². The Balaban J connectivity index is 1.51. The first-order chi connectivity index (χ1) is 15.0. The largest absolute Gasteiger partial charge is 0.496 e. The van der Waals surface area contributed by atoms with Crippen LogP contribution in [-0.2, 0) is 4.74 Å². The van der Waals surface area contributed by atoms with Gasteiger partial charge in [0.1, 0.15) is 5.75 Å². The van der Waals surface area contributed by atoms with Crippen LogP contribution in [0.2, 0.25) is 0 Å². The van der Waals surface area contributed by atoms with E-state index in [1.165, 1.54) is 7.11 Å². The molecule has 2 aromatic carbocycles. The first kappa shape index (κ1) is 23.3. The van der Waals surface area contributed by atoms with E-state index < -0.39 is 0 Å². The minimum absolute atomic E-state index is 0.200. The molecule has 9 heteroatoms. The van der Waals surface area contributed by atoms with Crippen molar-refractivity contribution in [2.75, 3.05) is 57.1 Å². The van der Waals surface area contributed by atoms with Crippen LogP contribution in [0.5, 0.6) is 5.75 Å². The molecule has 0 radical (unpaired) electrons. The topological polar surface area (TPSA) is 91.9 Å². The van der Waals surface area contributed by atoms with Gasteiger partial charge in [-0.3, -0.25) is 9.69 Å². The number of hydrogen-bond donors (Lipinski definition) is 3. The minimum Gasteiger partial charge on any atom is -0.496 e. The second-order valence-electron chi connectivity index (χ2n) is 7.07. The van der Waals surface area contributed by atoms with Gasteiger partial charge in [-0.15, -0.1) is 0 Å². The molecular weight excluding hydrogens is 511 g/mol. The highest BCUT2D eigenvalue weighted by Crippen LogP contribution is 2.23. The number of carbonyl (C=O) groups excluding carboxylic acids is 2. The summed E-state index contributed by atoms with van der Waals surface area (Å²) in [5.74, 6) is 0.200. The molecule has 1 saturated heterocycles. The zero-order valence-electron chi connectivity index (χ0n) is 17.4. The van der Waals surface area contributed by atoms with E-state index in [-0.39, 0.29) is 11.9 Å². The normalized spacial score (nSPS) is 14.0. The molecule has 31 heavy (non-hydrogen) atoms. The Kier molecular flexibility index (Phi) is 8.92. The Hall–Kier alpha value is -2.37. The first-order valence-corrected chi connectivity index (χ1v) is 11.2. The Morgan fingerprint density at radius 1 is 1.10 bits per heavy atom. The molecule has 0 unspecified atom stereocenters. The van der Waals surface area contributed by atoms with Crippen LogP contribution >= 0.6 is 22.6 Å².